The van der Waals surface area contributed by atoms with Gasteiger partial charge in [0.05, 0.1) is 12.0 Å². The molecule has 1 aromatic carbocycles. The predicted molar refractivity (Wildman–Crippen MR) is 88.4 cm³/mol. The quantitative estimate of drug-likeness (QED) is 0.620. The van der Waals surface area contributed by atoms with E-state index in [-0.39, 0.29) is 17.4 Å². The van der Waals surface area contributed by atoms with Crippen molar-refractivity contribution >= 4 is 22.0 Å². The number of amides is 2. The average Bonchev–Trinajstić information content (AvgIpc) is 2.56. The molecule has 0 fully saturated rings. The smallest absolute Gasteiger partial charge is 0.328 e. The molecule has 9 heteroatoms. The zero-order valence-corrected chi connectivity index (χ0v) is 14.7. The molecule has 0 heterocycles. The normalized spacial score (nSPS) is 13.7. The minimum Gasteiger partial charge on any atom is -0.467 e. The lowest BCUT2D eigenvalue weighted by molar-refractivity contribution is -0.144. The summed E-state index contributed by atoms with van der Waals surface area (Å²) in [5, 5.41) is 10.2. The van der Waals surface area contributed by atoms with Crippen LogP contribution < -0.4 is 15.8 Å². The predicted octanol–water partition coefficient (Wildman–Crippen LogP) is 0.721. The first-order valence-corrected chi connectivity index (χ1v) is 8.97. The van der Waals surface area contributed by atoms with Gasteiger partial charge in [-0.05, 0) is 23.6 Å². The summed E-state index contributed by atoms with van der Waals surface area (Å²) in [4.78, 5) is 23.7. The van der Waals surface area contributed by atoms with Gasteiger partial charge in [-0.2, -0.15) is 0 Å². The van der Waals surface area contributed by atoms with E-state index in [4.69, 9.17) is 9.88 Å². The Bertz CT molecular complexity index is 673. The Morgan fingerprint density at radius 3 is 2.29 bits per heavy atom. The summed E-state index contributed by atoms with van der Waals surface area (Å²) in [6, 6.07) is 4.58. The fourth-order valence-corrected chi connectivity index (χ4v) is 2.48. The van der Waals surface area contributed by atoms with Crippen molar-refractivity contribution in [1.82, 2.24) is 10.6 Å². The second-order valence-electron chi connectivity index (χ2n) is 5.40. The second kappa shape index (κ2) is 8.65. The molecule has 2 amide bonds. The third-order valence-corrected chi connectivity index (χ3v) is 4.59. The van der Waals surface area contributed by atoms with Gasteiger partial charge in [0.15, 0.2) is 0 Å². The number of carbonyl (C=O) groups excluding carboxylic acids is 2. The van der Waals surface area contributed by atoms with Gasteiger partial charge in [-0.3, -0.25) is 0 Å². The second-order valence-corrected chi connectivity index (χ2v) is 6.96. The van der Waals surface area contributed by atoms with Gasteiger partial charge < -0.3 is 15.4 Å². The lowest BCUT2D eigenvalue weighted by Crippen LogP contribution is -2.49. The molecular weight excluding hydrogens is 334 g/mol. The number of benzene rings is 1. The number of carbonyl (C=O) groups is 2. The Kier molecular flexibility index (Phi) is 7.18. The van der Waals surface area contributed by atoms with Gasteiger partial charge >= 0.3 is 12.0 Å². The van der Waals surface area contributed by atoms with Gasteiger partial charge in [0.25, 0.3) is 0 Å². The van der Waals surface area contributed by atoms with Crippen molar-refractivity contribution in [3.8, 4) is 0 Å². The number of nitrogens with two attached hydrogens (primary N) is 1. The lowest BCUT2D eigenvalue weighted by atomic mass is 9.99. The monoisotopic (exact) mass is 357 g/mol. The van der Waals surface area contributed by atoms with Crippen molar-refractivity contribution in [1.29, 1.82) is 0 Å². The van der Waals surface area contributed by atoms with Gasteiger partial charge in [0, 0.05) is 6.54 Å². The zero-order valence-electron chi connectivity index (χ0n) is 13.9. The topological polar surface area (TPSA) is 128 Å². The average molecular weight is 357 g/mol. The van der Waals surface area contributed by atoms with Crippen LogP contribution in [-0.2, 0) is 26.1 Å². The summed E-state index contributed by atoms with van der Waals surface area (Å²) in [7, 11) is -2.47. The van der Waals surface area contributed by atoms with Crippen LogP contribution in [-0.4, -0.2) is 33.6 Å². The molecule has 0 aromatic heterocycles. The molecule has 0 saturated heterocycles. The molecule has 0 bridgehead atoms. The van der Waals surface area contributed by atoms with Gasteiger partial charge in [0.1, 0.15) is 6.04 Å². The Balaban J connectivity index is 2.63. The van der Waals surface area contributed by atoms with E-state index >= 15 is 0 Å². The van der Waals surface area contributed by atoms with Crippen LogP contribution in [0.4, 0.5) is 4.79 Å². The number of methoxy groups -OCH3 is 1. The third kappa shape index (κ3) is 5.82. The minimum absolute atomic E-state index is 0.00164. The van der Waals surface area contributed by atoms with Crippen molar-refractivity contribution in [3.63, 3.8) is 0 Å². The lowest BCUT2D eigenvalue weighted by Gasteiger charge is -2.22. The molecule has 0 unspecified atom stereocenters. The number of primary sulfonamides is 1. The highest BCUT2D eigenvalue weighted by molar-refractivity contribution is 7.89. The summed E-state index contributed by atoms with van der Waals surface area (Å²) < 4.78 is 27.0. The highest BCUT2D eigenvalue weighted by Crippen LogP contribution is 2.10. The number of hydrogen-bond acceptors (Lipinski definition) is 5. The molecule has 4 N–H and O–H groups in total. The maximum atomic E-state index is 11.9. The van der Waals surface area contributed by atoms with Crippen molar-refractivity contribution < 1.29 is 22.7 Å². The summed E-state index contributed by atoms with van der Waals surface area (Å²) >= 11 is 0. The Labute approximate surface area is 141 Å². The van der Waals surface area contributed by atoms with Crippen LogP contribution in [0.1, 0.15) is 25.8 Å². The summed E-state index contributed by atoms with van der Waals surface area (Å²) in [6.07, 6.45) is 0.703. The van der Waals surface area contributed by atoms with Crippen LogP contribution in [0.3, 0.4) is 0 Å². The SMILES string of the molecule is CC[C@H](C)[C@H](NC(=O)NCc1ccc(S(N)(=O)=O)cc1)C(=O)OC. The molecule has 0 aliphatic rings. The molecule has 1 rings (SSSR count). The van der Waals surface area contributed by atoms with Crippen LogP contribution in [0.5, 0.6) is 0 Å². The van der Waals surface area contributed by atoms with E-state index in [0.717, 1.165) is 0 Å². The van der Waals surface area contributed by atoms with E-state index in [1.807, 2.05) is 13.8 Å². The van der Waals surface area contributed by atoms with Crippen LogP contribution in [0.2, 0.25) is 0 Å². The Morgan fingerprint density at radius 2 is 1.83 bits per heavy atom. The first-order valence-electron chi connectivity index (χ1n) is 7.43. The molecule has 0 saturated carbocycles. The third-order valence-electron chi connectivity index (χ3n) is 3.66. The molecule has 24 heavy (non-hydrogen) atoms. The van der Waals surface area contributed by atoms with E-state index in [1.54, 1.807) is 12.1 Å². The van der Waals surface area contributed by atoms with Crippen LogP contribution >= 0.6 is 0 Å². The maximum absolute atomic E-state index is 11.9. The molecule has 0 radical (unpaired) electrons. The molecular formula is C15H23N3O5S. The number of ether oxygens (including phenoxy) is 1. The van der Waals surface area contributed by atoms with Crippen molar-refractivity contribution in [2.75, 3.05) is 7.11 Å². The molecule has 0 aliphatic carbocycles. The van der Waals surface area contributed by atoms with Crippen molar-refractivity contribution in [2.24, 2.45) is 11.1 Å². The zero-order chi connectivity index (χ0) is 18.3. The van der Waals surface area contributed by atoms with E-state index in [9.17, 15) is 18.0 Å². The minimum atomic E-state index is -3.74. The van der Waals surface area contributed by atoms with Gasteiger partial charge in [0.2, 0.25) is 10.0 Å². The highest BCUT2D eigenvalue weighted by Gasteiger charge is 2.26. The first-order chi connectivity index (χ1) is 11.2. The molecule has 2 atom stereocenters. The summed E-state index contributed by atoms with van der Waals surface area (Å²) in [6.45, 7) is 3.92. The number of nitrogens with one attached hydrogen (secondary N) is 2. The fourth-order valence-electron chi connectivity index (χ4n) is 1.97. The standard InChI is InChI=1S/C15H23N3O5S/c1-4-10(2)13(14(19)23-3)18-15(20)17-9-11-5-7-12(8-6-11)24(16,21)22/h5-8,10,13H,4,9H2,1-3H3,(H2,16,21,22)(H2,17,18,20)/t10-,13-/m0/s1. The molecule has 0 spiro atoms. The Hall–Kier alpha value is -2.13. The summed E-state index contributed by atoms with van der Waals surface area (Å²) in [5.41, 5.74) is 0.690. The maximum Gasteiger partial charge on any atom is 0.328 e. The molecule has 1 aromatic rings. The largest absolute Gasteiger partial charge is 0.467 e. The number of hydrogen-bond donors (Lipinski definition) is 3. The number of rotatable bonds is 7. The van der Waals surface area contributed by atoms with E-state index < -0.39 is 28.1 Å². The van der Waals surface area contributed by atoms with Crippen LogP contribution in [0, 0.1) is 5.92 Å². The highest BCUT2D eigenvalue weighted by atomic mass is 32.2. The van der Waals surface area contributed by atoms with Gasteiger partial charge in [-0.15, -0.1) is 0 Å². The van der Waals surface area contributed by atoms with Crippen LogP contribution in [0.15, 0.2) is 29.2 Å². The Morgan fingerprint density at radius 1 is 1.25 bits per heavy atom. The number of sulfonamides is 1. The van der Waals surface area contributed by atoms with E-state index in [1.165, 1.54) is 19.2 Å². The first kappa shape index (κ1) is 19.9. The fraction of sp³-hybridized carbons (Fsp3) is 0.467. The van der Waals surface area contributed by atoms with Gasteiger partial charge in [-0.1, -0.05) is 32.4 Å². The van der Waals surface area contributed by atoms with Gasteiger partial charge in [-0.25, -0.2) is 23.1 Å². The van der Waals surface area contributed by atoms with Crippen molar-refractivity contribution in [2.45, 2.75) is 37.8 Å². The van der Waals surface area contributed by atoms with Crippen LogP contribution in [0.25, 0.3) is 0 Å². The van der Waals surface area contributed by atoms with Crippen molar-refractivity contribution in [3.05, 3.63) is 29.8 Å². The number of urea groups is 1. The number of esters is 1. The van der Waals surface area contributed by atoms with E-state index in [0.29, 0.717) is 12.0 Å². The molecule has 0 aliphatic heterocycles. The summed E-state index contributed by atoms with van der Waals surface area (Å²) in [5.74, 6) is -0.575. The van der Waals surface area contributed by atoms with E-state index in [2.05, 4.69) is 10.6 Å². The molecule has 134 valence electrons. The molecule has 8 nitrogen and oxygen atoms in total.